The zero-order chi connectivity index (χ0) is 18.1. The van der Waals surface area contributed by atoms with Crippen LogP contribution in [0.3, 0.4) is 0 Å². The molecule has 0 aliphatic carbocycles. The molecule has 0 spiro atoms. The summed E-state index contributed by atoms with van der Waals surface area (Å²) in [6.45, 7) is 0.785. The Balaban J connectivity index is 2.22. The van der Waals surface area contributed by atoms with Crippen LogP contribution in [0, 0.1) is 11.6 Å². The van der Waals surface area contributed by atoms with Crippen LogP contribution in [0.5, 0.6) is 0 Å². The molecule has 1 aromatic rings. The average molecular weight is 340 g/mol. The number of nitrogens with zero attached hydrogens (tertiary/aromatic N) is 1. The Morgan fingerprint density at radius 2 is 1.88 bits per heavy atom. The highest BCUT2D eigenvalue weighted by Crippen LogP contribution is 2.32. The Morgan fingerprint density at radius 3 is 2.42 bits per heavy atom. The number of amides is 6. The van der Waals surface area contributed by atoms with Crippen LogP contribution < -0.4 is 16.4 Å². The number of carbonyl (C=O) groups excluding carboxylic acids is 4. The quantitative estimate of drug-likeness (QED) is 0.683. The van der Waals surface area contributed by atoms with E-state index in [9.17, 15) is 28.0 Å². The van der Waals surface area contributed by atoms with Gasteiger partial charge in [-0.05, 0) is 19.1 Å². The summed E-state index contributed by atoms with van der Waals surface area (Å²) in [5, 5.41) is 4.00. The first-order valence-corrected chi connectivity index (χ1v) is 6.84. The van der Waals surface area contributed by atoms with Crippen LogP contribution >= 0.6 is 0 Å². The highest BCUT2D eigenvalue weighted by molar-refractivity contribution is 6.07. The van der Waals surface area contributed by atoms with E-state index in [1.165, 1.54) is 0 Å². The van der Waals surface area contributed by atoms with Gasteiger partial charge in [-0.1, -0.05) is 6.07 Å². The molecular formula is C14H14F2N4O4. The number of carbonyl (C=O) groups is 4. The van der Waals surface area contributed by atoms with Crippen molar-refractivity contribution >= 4 is 23.9 Å². The first-order valence-electron chi connectivity index (χ1n) is 6.84. The molecule has 0 aromatic heterocycles. The van der Waals surface area contributed by atoms with Crippen LogP contribution in [0.25, 0.3) is 0 Å². The summed E-state index contributed by atoms with van der Waals surface area (Å²) in [5.74, 6) is -3.68. The van der Waals surface area contributed by atoms with Crippen LogP contribution in [-0.4, -0.2) is 35.3 Å². The first-order chi connectivity index (χ1) is 11.2. The second kappa shape index (κ2) is 6.22. The number of rotatable bonds is 4. The van der Waals surface area contributed by atoms with Gasteiger partial charge in [-0.3, -0.25) is 19.8 Å². The molecule has 1 atom stereocenters. The normalized spacial score (nSPS) is 20.0. The van der Waals surface area contributed by atoms with Crippen LogP contribution in [0.2, 0.25) is 0 Å². The highest BCUT2D eigenvalue weighted by atomic mass is 19.1. The number of urea groups is 2. The van der Waals surface area contributed by atoms with E-state index in [-0.39, 0.29) is 6.54 Å². The maximum Gasteiger partial charge on any atom is 0.325 e. The molecule has 1 aromatic carbocycles. The lowest BCUT2D eigenvalue weighted by atomic mass is 9.91. The molecule has 0 bridgehead atoms. The topological polar surface area (TPSA) is 122 Å². The van der Waals surface area contributed by atoms with Crippen LogP contribution in [0.15, 0.2) is 18.2 Å². The van der Waals surface area contributed by atoms with Crippen molar-refractivity contribution in [1.29, 1.82) is 0 Å². The fourth-order valence-corrected chi connectivity index (χ4v) is 2.46. The standard InChI is InChI=1S/C14H14F2N4O4/c1-14(10-7(15)3-2-4-8(10)16)11(22)20(13(24)19-14)6-5-9(21)18-12(17)23/h2-4H,5-6H2,1H3,(H,19,24)(H3,17,18,21,23)/t14-/m0/s1. The third-order valence-electron chi connectivity index (χ3n) is 3.56. The van der Waals surface area contributed by atoms with Gasteiger partial charge in [0.25, 0.3) is 5.91 Å². The van der Waals surface area contributed by atoms with Crippen molar-refractivity contribution in [3.63, 3.8) is 0 Å². The van der Waals surface area contributed by atoms with Gasteiger partial charge in [-0.2, -0.15) is 0 Å². The summed E-state index contributed by atoms with van der Waals surface area (Å²) in [4.78, 5) is 47.0. The van der Waals surface area contributed by atoms with Crippen molar-refractivity contribution in [2.24, 2.45) is 5.73 Å². The van der Waals surface area contributed by atoms with Gasteiger partial charge in [0.1, 0.15) is 17.2 Å². The van der Waals surface area contributed by atoms with E-state index in [1.54, 1.807) is 5.32 Å². The maximum atomic E-state index is 14.0. The smallest absolute Gasteiger partial charge is 0.325 e. The second-order valence-corrected chi connectivity index (χ2v) is 5.27. The Bertz CT molecular complexity index is 719. The lowest BCUT2D eigenvalue weighted by molar-refractivity contribution is -0.131. The molecule has 1 aliphatic rings. The van der Waals surface area contributed by atoms with Gasteiger partial charge in [-0.15, -0.1) is 0 Å². The van der Waals surface area contributed by atoms with Crippen LogP contribution in [-0.2, 0) is 15.1 Å². The molecule has 0 unspecified atom stereocenters. The van der Waals surface area contributed by atoms with E-state index >= 15 is 0 Å². The molecule has 10 heteroatoms. The Kier molecular flexibility index (Phi) is 4.49. The molecule has 0 saturated carbocycles. The Morgan fingerprint density at radius 1 is 1.29 bits per heavy atom. The van der Waals surface area contributed by atoms with E-state index in [0.29, 0.717) is 4.90 Å². The molecule has 24 heavy (non-hydrogen) atoms. The van der Waals surface area contributed by atoms with E-state index in [2.05, 4.69) is 5.32 Å². The number of halogens is 2. The van der Waals surface area contributed by atoms with Gasteiger partial charge in [0, 0.05) is 13.0 Å². The van der Waals surface area contributed by atoms with Crippen molar-refractivity contribution in [1.82, 2.24) is 15.5 Å². The number of imide groups is 2. The summed E-state index contributed by atoms with van der Waals surface area (Å²) < 4.78 is 27.9. The zero-order valence-corrected chi connectivity index (χ0v) is 12.6. The van der Waals surface area contributed by atoms with Gasteiger partial charge in [0.15, 0.2) is 0 Å². The predicted octanol–water partition coefficient (Wildman–Crippen LogP) is 0.317. The molecule has 8 nitrogen and oxygen atoms in total. The van der Waals surface area contributed by atoms with Gasteiger partial charge in [-0.25, -0.2) is 18.4 Å². The molecule has 1 aliphatic heterocycles. The molecule has 1 heterocycles. The minimum atomic E-state index is -1.94. The fraction of sp³-hybridized carbons (Fsp3) is 0.286. The molecular weight excluding hydrogens is 326 g/mol. The van der Waals surface area contributed by atoms with E-state index in [0.717, 1.165) is 25.1 Å². The number of primary amides is 1. The second-order valence-electron chi connectivity index (χ2n) is 5.27. The molecule has 6 amide bonds. The average Bonchev–Trinajstić information content (AvgIpc) is 2.66. The van der Waals surface area contributed by atoms with Crippen molar-refractivity contribution in [3.8, 4) is 0 Å². The lowest BCUT2D eigenvalue weighted by Crippen LogP contribution is -2.43. The largest absolute Gasteiger partial charge is 0.351 e. The summed E-state index contributed by atoms with van der Waals surface area (Å²) in [6, 6.07) is 1.08. The summed E-state index contributed by atoms with van der Waals surface area (Å²) >= 11 is 0. The zero-order valence-electron chi connectivity index (χ0n) is 12.6. The van der Waals surface area contributed by atoms with Crippen molar-refractivity contribution in [3.05, 3.63) is 35.4 Å². The van der Waals surface area contributed by atoms with Gasteiger partial charge in [0.2, 0.25) is 5.91 Å². The monoisotopic (exact) mass is 340 g/mol. The third-order valence-corrected chi connectivity index (χ3v) is 3.56. The number of hydrogen-bond acceptors (Lipinski definition) is 4. The van der Waals surface area contributed by atoms with Crippen molar-refractivity contribution in [2.75, 3.05) is 6.54 Å². The summed E-state index contributed by atoms with van der Waals surface area (Å²) in [7, 11) is 0. The van der Waals surface area contributed by atoms with Crippen LogP contribution in [0.1, 0.15) is 18.9 Å². The van der Waals surface area contributed by atoms with Crippen LogP contribution in [0.4, 0.5) is 18.4 Å². The number of nitrogens with two attached hydrogens (primary N) is 1. The Labute approximate surface area is 135 Å². The first kappa shape index (κ1) is 17.3. The molecule has 1 fully saturated rings. The van der Waals surface area contributed by atoms with E-state index in [1.807, 2.05) is 0 Å². The molecule has 1 saturated heterocycles. The van der Waals surface area contributed by atoms with E-state index in [4.69, 9.17) is 5.73 Å². The third kappa shape index (κ3) is 3.03. The highest BCUT2D eigenvalue weighted by Gasteiger charge is 2.51. The number of nitrogens with one attached hydrogen (secondary N) is 2. The predicted molar refractivity (Wildman–Crippen MR) is 76.3 cm³/mol. The molecule has 2 rings (SSSR count). The summed E-state index contributed by atoms with van der Waals surface area (Å²) in [6.07, 6.45) is -0.391. The van der Waals surface area contributed by atoms with Crippen molar-refractivity contribution in [2.45, 2.75) is 18.9 Å². The van der Waals surface area contributed by atoms with Crippen molar-refractivity contribution < 1.29 is 28.0 Å². The number of hydrogen-bond donors (Lipinski definition) is 3. The molecule has 128 valence electrons. The Hall–Kier alpha value is -3.04. The van der Waals surface area contributed by atoms with Gasteiger partial charge >= 0.3 is 12.1 Å². The maximum absolute atomic E-state index is 14.0. The van der Waals surface area contributed by atoms with Gasteiger partial charge in [0.05, 0.1) is 5.56 Å². The number of benzene rings is 1. The SMILES string of the molecule is C[C@@]1(c2c(F)cccc2F)NC(=O)N(CCC(=O)NC(N)=O)C1=O. The minimum Gasteiger partial charge on any atom is -0.351 e. The summed E-state index contributed by atoms with van der Waals surface area (Å²) in [5.41, 5.74) is 2.24. The fourth-order valence-electron chi connectivity index (χ4n) is 2.46. The van der Waals surface area contributed by atoms with E-state index < -0.39 is 53.0 Å². The molecule has 4 N–H and O–H groups in total. The van der Waals surface area contributed by atoms with Gasteiger partial charge < -0.3 is 11.1 Å². The lowest BCUT2D eigenvalue weighted by Gasteiger charge is -2.23. The molecule has 0 radical (unpaired) electrons. The minimum absolute atomic E-state index is 0.380.